The summed E-state index contributed by atoms with van der Waals surface area (Å²) in [6, 6.07) is 10.6. The van der Waals surface area contributed by atoms with E-state index >= 15 is 0 Å². The van der Waals surface area contributed by atoms with Crippen molar-refractivity contribution in [2.75, 3.05) is 16.0 Å². The molecule has 1 fully saturated rings. The second-order valence-electron chi connectivity index (χ2n) is 10.0. The Labute approximate surface area is 238 Å². The third-order valence-electron chi connectivity index (χ3n) is 6.82. The van der Waals surface area contributed by atoms with Crippen molar-refractivity contribution < 1.29 is 18.0 Å². The Morgan fingerprint density at radius 3 is 2.45 bits per heavy atom. The molecule has 3 heterocycles. The summed E-state index contributed by atoms with van der Waals surface area (Å²) in [6.45, 7) is 3.55. The standard InChI is InChI=1S/C29H26F3N9O/c1-17-3-4-19(27(42)38-22-12-20(29(30,31)32)13-23(14-22)40-9-7-33-18(40)2)11-24(17)39-28-34-8-10-41(28)26-15-25(35-16-36-26)37-21-5-6-21/h3-4,7-16,21H,5-6H2,1-2H3,(H,34,39)(H,38,42)(H,35,36,37). The lowest BCUT2D eigenvalue weighted by atomic mass is 10.1. The minimum atomic E-state index is -4.61. The van der Waals surface area contributed by atoms with Crippen molar-refractivity contribution in [2.24, 2.45) is 0 Å². The van der Waals surface area contributed by atoms with Crippen LogP contribution >= 0.6 is 0 Å². The van der Waals surface area contributed by atoms with Gasteiger partial charge in [0.15, 0.2) is 0 Å². The van der Waals surface area contributed by atoms with E-state index in [1.165, 1.54) is 23.2 Å². The molecule has 42 heavy (non-hydrogen) atoms. The molecule has 6 rings (SSSR count). The summed E-state index contributed by atoms with van der Waals surface area (Å²) in [5.41, 5.74) is 1.02. The third kappa shape index (κ3) is 5.80. The lowest BCUT2D eigenvalue weighted by Crippen LogP contribution is -2.15. The highest BCUT2D eigenvalue weighted by Gasteiger charge is 2.32. The van der Waals surface area contributed by atoms with Crippen LogP contribution < -0.4 is 16.0 Å². The minimum absolute atomic E-state index is 0.00271. The highest BCUT2D eigenvalue weighted by Crippen LogP contribution is 2.34. The molecule has 0 aliphatic heterocycles. The van der Waals surface area contributed by atoms with Gasteiger partial charge in [0, 0.05) is 59.5 Å². The van der Waals surface area contributed by atoms with Gasteiger partial charge in [-0.1, -0.05) is 6.07 Å². The SMILES string of the molecule is Cc1ccc(C(=O)Nc2cc(-n3ccnc3C)cc(C(F)(F)F)c2)cc1Nc1nccn1-c1cc(NC2CC2)ncn1. The molecule has 1 saturated carbocycles. The Morgan fingerprint density at radius 2 is 1.71 bits per heavy atom. The molecule has 10 nitrogen and oxygen atoms in total. The van der Waals surface area contributed by atoms with Crippen molar-refractivity contribution in [1.29, 1.82) is 0 Å². The molecule has 2 aromatic carbocycles. The molecule has 0 atom stereocenters. The molecule has 0 saturated heterocycles. The van der Waals surface area contributed by atoms with Gasteiger partial charge in [-0.05, 0) is 62.6 Å². The maximum absolute atomic E-state index is 13.7. The van der Waals surface area contributed by atoms with Crippen LogP contribution in [0, 0.1) is 13.8 Å². The van der Waals surface area contributed by atoms with Crippen LogP contribution in [0.3, 0.4) is 0 Å². The summed E-state index contributed by atoms with van der Waals surface area (Å²) in [6.07, 6.45) is 5.53. The van der Waals surface area contributed by atoms with Crippen LogP contribution in [0.5, 0.6) is 0 Å². The van der Waals surface area contributed by atoms with Gasteiger partial charge in [-0.15, -0.1) is 0 Å². The molecule has 0 unspecified atom stereocenters. The Balaban J connectivity index is 1.25. The molecule has 1 amide bonds. The number of rotatable bonds is 8. The molecule has 0 radical (unpaired) electrons. The van der Waals surface area contributed by atoms with Gasteiger partial charge < -0.3 is 20.5 Å². The van der Waals surface area contributed by atoms with Gasteiger partial charge in [-0.25, -0.2) is 19.9 Å². The zero-order chi connectivity index (χ0) is 29.4. The number of halogens is 3. The highest BCUT2D eigenvalue weighted by molar-refractivity contribution is 6.05. The van der Waals surface area contributed by atoms with Crippen LogP contribution in [-0.2, 0) is 6.18 Å². The van der Waals surface area contributed by atoms with E-state index in [9.17, 15) is 18.0 Å². The summed E-state index contributed by atoms with van der Waals surface area (Å²) >= 11 is 0. The van der Waals surface area contributed by atoms with Crippen molar-refractivity contribution >= 4 is 29.0 Å². The van der Waals surface area contributed by atoms with Gasteiger partial charge in [-0.3, -0.25) is 9.36 Å². The highest BCUT2D eigenvalue weighted by atomic mass is 19.4. The minimum Gasteiger partial charge on any atom is -0.367 e. The van der Waals surface area contributed by atoms with E-state index in [1.807, 2.05) is 13.0 Å². The number of carbonyl (C=O) groups excluding carboxylic acids is 1. The number of hydrogen-bond donors (Lipinski definition) is 3. The summed E-state index contributed by atoms with van der Waals surface area (Å²) in [7, 11) is 0. The van der Waals surface area contributed by atoms with Crippen LogP contribution in [-0.4, -0.2) is 41.0 Å². The van der Waals surface area contributed by atoms with Crippen molar-refractivity contribution in [3.8, 4) is 11.5 Å². The molecule has 3 aromatic heterocycles. The first kappa shape index (κ1) is 27.0. The van der Waals surface area contributed by atoms with Crippen molar-refractivity contribution in [3.63, 3.8) is 0 Å². The van der Waals surface area contributed by atoms with Gasteiger partial charge >= 0.3 is 6.18 Å². The maximum Gasteiger partial charge on any atom is 0.416 e. The van der Waals surface area contributed by atoms with Crippen LogP contribution in [0.4, 0.5) is 36.3 Å². The molecular weight excluding hydrogens is 547 g/mol. The van der Waals surface area contributed by atoms with Crippen LogP contribution in [0.15, 0.2) is 73.6 Å². The first-order valence-corrected chi connectivity index (χ1v) is 13.2. The molecule has 3 N–H and O–H groups in total. The van der Waals surface area contributed by atoms with Gasteiger partial charge in [-0.2, -0.15) is 13.2 Å². The monoisotopic (exact) mass is 573 g/mol. The van der Waals surface area contributed by atoms with E-state index in [4.69, 9.17) is 0 Å². The van der Waals surface area contributed by atoms with E-state index in [1.54, 1.807) is 48.3 Å². The van der Waals surface area contributed by atoms with Crippen molar-refractivity contribution in [3.05, 3.63) is 96.1 Å². The zero-order valence-corrected chi connectivity index (χ0v) is 22.6. The Kier molecular flexibility index (Phi) is 6.85. The smallest absolute Gasteiger partial charge is 0.367 e. The average molecular weight is 574 g/mol. The number of aromatic nitrogens is 6. The number of amides is 1. The molecule has 0 bridgehead atoms. The second kappa shape index (κ2) is 10.7. The fourth-order valence-corrected chi connectivity index (χ4v) is 4.43. The van der Waals surface area contributed by atoms with Crippen LogP contribution in [0.1, 0.15) is 40.2 Å². The van der Waals surface area contributed by atoms with Crippen LogP contribution in [0.2, 0.25) is 0 Å². The predicted molar refractivity (Wildman–Crippen MR) is 152 cm³/mol. The van der Waals surface area contributed by atoms with Gasteiger partial charge in [0.1, 0.15) is 23.8 Å². The number of nitrogens with zero attached hydrogens (tertiary/aromatic N) is 6. The van der Waals surface area contributed by atoms with Gasteiger partial charge in [0.2, 0.25) is 5.95 Å². The quantitative estimate of drug-likeness (QED) is 0.207. The van der Waals surface area contributed by atoms with E-state index in [2.05, 4.69) is 35.9 Å². The van der Waals surface area contributed by atoms with E-state index in [0.717, 1.165) is 36.4 Å². The van der Waals surface area contributed by atoms with Gasteiger partial charge in [0.25, 0.3) is 5.91 Å². The average Bonchev–Trinajstić information content (AvgIpc) is 3.46. The zero-order valence-electron chi connectivity index (χ0n) is 22.6. The summed E-state index contributed by atoms with van der Waals surface area (Å²) in [5.74, 6) is 1.73. The van der Waals surface area contributed by atoms with E-state index in [-0.39, 0.29) is 16.9 Å². The number of nitrogens with one attached hydrogen (secondary N) is 3. The molecule has 1 aliphatic carbocycles. The largest absolute Gasteiger partial charge is 0.416 e. The number of anilines is 4. The number of aryl methyl sites for hydroxylation is 2. The molecule has 1 aliphatic rings. The van der Waals surface area contributed by atoms with E-state index in [0.29, 0.717) is 29.3 Å². The molecule has 13 heteroatoms. The number of carbonyl (C=O) groups is 1. The predicted octanol–water partition coefficient (Wildman–Crippen LogP) is 6.05. The summed E-state index contributed by atoms with van der Waals surface area (Å²) in [4.78, 5) is 30.4. The number of alkyl halides is 3. The lowest BCUT2D eigenvalue weighted by molar-refractivity contribution is -0.137. The summed E-state index contributed by atoms with van der Waals surface area (Å²) in [5, 5.41) is 9.21. The molecular formula is C29H26F3N9O. The Bertz CT molecular complexity index is 1770. The first-order valence-electron chi connectivity index (χ1n) is 13.2. The maximum atomic E-state index is 13.7. The van der Waals surface area contributed by atoms with Crippen LogP contribution in [0.25, 0.3) is 11.5 Å². The summed E-state index contributed by atoms with van der Waals surface area (Å²) < 4.78 is 44.4. The lowest BCUT2D eigenvalue weighted by Gasteiger charge is -2.15. The van der Waals surface area contributed by atoms with Crippen molar-refractivity contribution in [1.82, 2.24) is 29.1 Å². The molecule has 5 aromatic rings. The topological polar surface area (TPSA) is 115 Å². The van der Waals surface area contributed by atoms with Gasteiger partial charge in [0.05, 0.1) is 5.56 Å². The van der Waals surface area contributed by atoms with Crippen molar-refractivity contribution in [2.45, 2.75) is 38.9 Å². The number of benzene rings is 2. The second-order valence-corrected chi connectivity index (χ2v) is 10.0. The fourth-order valence-electron chi connectivity index (χ4n) is 4.43. The Morgan fingerprint density at radius 1 is 0.929 bits per heavy atom. The first-order chi connectivity index (χ1) is 20.1. The normalized spacial score (nSPS) is 13.2. The molecule has 0 spiro atoms. The third-order valence-corrected chi connectivity index (χ3v) is 6.82. The fraction of sp³-hybridized carbons (Fsp3) is 0.207. The number of imidazole rings is 2. The molecule has 214 valence electrons. The van der Waals surface area contributed by atoms with E-state index < -0.39 is 17.6 Å². The Hall–Kier alpha value is -5.20. The number of hydrogen-bond acceptors (Lipinski definition) is 7.